The van der Waals surface area contributed by atoms with Crippen LogP contribution in [0, 0.1) is 0 Å². The summed E-state index contributed by atoms with van der Waals surface area (Å²) in [7, 11) is 0. The standard InChI is InChI=1S/C9H14N2O4/c1-5-7(13)10-6(12)4-11(5)8(14)9(2,3)15/h5,15H,4H2,1-3H3,(H,10,12,13). The lowest BCUT2D eigenvalue weighted by Crippen LogP contribution is -2.61. The number of nitrogens with one attached hydrogen (secondary N) is 1. The summed E-state index contributed by atoms with van der Waals surface area (Å²) in [6.07, 6.45) is 0. The largest absolute Gasteiger partial charge is 0.381 e. The maximum absolute atomic E-state index is 11.7. The molecule has 15 heavy (non-hydrogen) atoms. The van der Waals surface area contributed by atoms with E-state index in [1.54, 1.807) is 0 Å². The number of piperazine rings is 1. The van der Waals surface area contributed by atoms with Crippen LogP contribution in [0.2, 0.25) is 0 Å². The first-order chi connectivity index (χ1) is 6.73. The van der Waals surface area contributed by atoms with Crippen molar-refractivity contribution < 1.29 is 19.5 Å². The molecule has 6 nitrogen and oxygen atoms in total. The first-order valence-corrected chi connectivity index (χ1v) is 4.60. The number of rotatable bonds is 1. The quantitative estimate of drug-likeness (QED) is 0.527. The number of amides is 3. The lowest BCUT2D eigenvalue weighted by molar-refractivity contribution is -0.158. The minimum absolute atomic E-state index is 0.199. The van der Waals surface area contributed by atoms with E-state index < -0.39 is 29.4 Å². The topological polar surface area (TPSA) is 86.7 Å². The van der Waals surface area contributed by atoms with Crippen molar-refractivity contribution in [2.45, 2.75) is 32.4 Å². The van der Waals surface area contributed by atoms with Gasteiger partial charge in [0.2, 0.25) is 11.8 Å². The van der Waals surface area contributed by atoms with Crippen molar-refractivity contribution in [1.82, 2.24) is 10.2 Å². The molecule has 1 rings (SSSR count). The van der Waals surface area contributed by atoms with Crippen molar-refractivity contribution >= 4 is 17.7 Å². The fourth-order valence-corrected chi connectivity index (χ4v) is 1.31. The zero-order valence-corrected chi connectivity index (χ0v) is 8.90. The monoisotopic (exact) mass is 214 g/mol. The average molecular weight is 214 g/mol. The van der Waals surface area contributed by atoms with Crippen LogP contribution in [0.1, 0.15) is 20.8 Å². The highest BCUT2D eigenvalue weighted by Gasteiger charge is 2.39. The van der Waals surface area contributed by atoms with Gasteiger partial charge < -0.3 is 10.0 Å². The Hall–Kier alpha value is -1.43. The van der Waals surface area contributed by atoms with Crippen molar-refractivity contribution in [1.29, 1.82) is 0 Å². The zero-order chi connectivity index (χ0) is 11.8. The number of nitrogens with zero attached hydrogens (tertiary/aromatic N) is 1. The molecule has 1 unspecified atom stereocenters. The van der Waals surface area contributed by atoms with E-state index in [2.05, 4.69) is 5.32 Å². The van der Waals surface area contributed by atoms with E-state index in [1.807, 2.05) is 0 Å². The first-order valence-electron chi connectivity index (χ1n) is 4.60. The fourth-order valence-electron chi connectivity index (χ4n) is 1.31. The summed E-state index contributed by atoms with van der Waals surface area (Å²) in [6.45, 7) is 3.94. The third-order valence-electron chi connectivity index (χ3n) is 2.21. The summed E-state index contributed by atoms with van der Waals surface area (Å²) in [5.74, 6) is -1.68. The maximum Gasteiger partial charge on any atom is 0.255 e. The third kappa shape index (κ3) is 2.33. The predicted octanol–water partition coefficient (Wildman–Crippen LogP) is -1.37. The van der Waals surface area contributed by atoms with E-state index in [9.17, 15) is 19.5 Å². The van der Waals surface area contributed by atoms with Crippen LogP contribution in [0.3, 0.4) is 0 Å². The highest BCUT2D eigenvalue weighted by atomic mass is 16.3. The Labute approximate surface area is 87.2 Å². The van der Waals surface area contributed by atoms with Crippen LogP contribution < -0.4 is 5.32 Å². The lowest BCUT2D eigenvalue weighted by atomic mass is 10.1. The van der Waals surface area contributed by atoms with Gasteiger partial charge in [0.25, 0.3) is 5.91 Å². The smallest absolute Gasteiger partial charge is 0.255 e. The summed E-state index contributed by atoms with van der Waals surface area (Å²) in [4.78, 5) is 35.0. The summed E-state index contributed by atoms with van der Waals surface area (Å²) in [6, 6.07) is -0.735. The molecule has 2 N–H and O–H groups in total. The van der Waals surface area contributed by atoms with Gasteiger partial charge in [0, 0.05) is 0 Å². The molecule has 0 aromatic rings. The highest BCUT2D eigenvalue weighted by Crippen LogP contribution is 2.13. The SMILES string of the molecule is CC1C(=O)NC(=O)CN1C(=O)C(C)(C)O. The van der Waals surface area contributed by atoms with Gasteiger partial charge in [0.1, 0.15) is 18.2 Å². The molecule has 6 heteroatoms. The van der Waals surface area contributed by atoms with E-state index in [1.165, 1.54) is 20.8 Å². The van der Waals surface area contributed by atoms with Crippen LogP contribution in [-0.4, -0.2) is 45.9 Å². The summed E-state index contributed by atoms with van der Waals surface area (Å²) < 4.78 is 0. The summed E-state index contributed by atoms with van der Waals surface area (Å²) >= 11 is 0. The van der Waals surface area contributed by atoms with Crippen molar-refractivity contribution in [2.75, 3.05) is 6.54 Å². The Morgan fingerprint density at radius 1 is 1.53 bits per heavy atom. The summed E-state index contributed by atoms with van der Waals surface area (Å²) in [5.41, 5.74) is -1.58. The zero-order valence-electron chi connectivity index (χ0n) is 8.90. The van der Waals surface area contributed by atoms with E-state index in [-0.39, 0.29) is 6.54 Å². The van der Waals surface area contributed by atoms with E-state index in [0.29, 0.717) is 0 Å². The van der Waals surface area contributed by atoms with Gasteiger partial charge in [-0.1, -0.05) is 0 Å². The normalized spacial score (nSPS) is 22.7. The van der Waals surface area contributed by atoms with Gasteiger partial charge >= 0.3 is 0 Å². The Kier molecular flexibility index (Phi) is 2.81. The van der Waals surface area contributed by atoms with Gasteiger partial charge in [-0.25, -0.2) is 0 Å². The van der Waals surface area contributed by atoms with Gasteiger partial charge in [-0.15, -0.1) is 0 Å². The van der Waals surface area contributed by atoms with E-state index in [0.717, 1.165) is 4.90 Å². The molecule has 0 bridgehead atoms. The van der Waals surface area contributed by atoms with Crippen LogP contribution in [0.15, 0.2) is 0 Å². The Balaban J connectivity index is 2.89. The van der Waals surface area contributed by atoms with Crippen molar-refractivity contribution in [3.05, 3.63) is 0 Å². The van der Waals surface area contributed by atoms with Crippen molar-refractivity contribution in [3.8, 4) is 0 Å². The minimum atomic E-state index is -1.58. The number of carbonyl (C=O) groups is 3. The molecule has 0 spiro atoms. The Morgan fingerprint density at radius 3 is 2.53 bits per heavy atom. The van der Waals surface area contributed by atoms with Crippen LogP contribution in [0.4, 0.5) is 0 Å². The molecule has 1 aliphatic rings. The Morgan fingerprint density at radius 2 is 2.07 bits per heavy atom. The molecule has 1 atom stereocenters. The first kappa shape index (κ1) is 11.6. The van der Waals surface area contributed by atoms with Gasteiger partial charge in [0.05, 0.1) is 0 Å². The third-order valence-corrected chi connectivity index (χ3v) is 2.21. The molecule has 3 amide bonds. The molecule has 0 radical (unpaired) electrons. The average Bonchev–Trinajstić information content (AvgIpc) is 2.08. The maximum atomic E-state index is 11.7. The van der Waals surface area contributed by atoms with Gasteiger partial charge in [-0.2, -0.15) is 0 Å². The molecule has 0 aromatic heterocycles. The van der Waals surface area contributed by atoms with Crippen LogP contribution in [0.5, 0.6) is 0 Å². The van der Waals surface area contributed by atoms with Gasteiger partial charge in [0.15, 0.2) is 0 Å². The van der Waals surface area contributed by atoms with Gasteiger partial charge in [-0.05, 0) is 20.8 Å². The van der Waals surface area contributed by atoms with Crippen LogP contribution in [0.25, 0.3) is 0 Å². The molecule has 0 aliphatic carbocycles. The van der Waals surface area contributed by atoms with Gasteiger partial charge in [-0.3, -0.25) is 19.7 Å². The van der Waals surface area contributed by atoms with Crippen LogP contribution in [-0.2, 0) is 14.4 Å². The highest BCUT2D eigenvalue weighted by molar-refractivity contribution is 6.04. The lowest BCUT2D eigenvalue weighted by Gasteiger charge is -2.35. The van der Waals surface area contributed by atoms with Crippen molar-refractivity contribution in [3.63, 3.8) is 0 Å². The minimum Gasteiger partial charge on any atom is -0.381 e. The number of imide groups is 1. The number of carbonyl (C=O) groups excluding carboxylic acids is 3. The number of aliphatic hydroxyl groups is 1. The second-order valence-electron chi connectivity index (χ2n) is 4.08. The second kappa shape index (κ2) is 3.62. The molecule has 1 saturated heterocycles. The molecule has 1 fully saturated rings. The van der Waals surface area contributed by atoms with E-state index in [4.69, 9.17) is 0 Å². The van der Waals surface area contributed by atoms with Crippen molar-refractivity contribution in [2.24, 2.45) is 0 Å². The second-order valence-corrected chi connectivity index (χ2v) is 4.08. The molecule has 0 aromatic carbocycles. The molecule has 1 aliphatic heterocycles. The fraction of sp³-hybridized carbons (Fsp3) is 0.667. The molecule has 0 saturated carbocycles. The molecular weight excluding hydrogens is 200 g/mol. The molecule has 84 valence electrons. The predicted molar refractivity (Wildman–Crippen MR) is 50.6 cm³/mol. The van der Waals surface area contributed by atoms with E-state index >= 15 is 0 Å². The van der Waals surface area contributed by atoms with Crippen LogP contribution >= 0.6 is 0 Å². The molecule has 1 heterocycles. The summed E-state index contributed by atoms with van der Waals surface area (Å²) in [5, 5.41) is 11.6. The number of hydrogen-bond acceptors (Lipinski definition) is 4. The molecular formula is C9H14N2O4. The number of hydrogen-bond donors (Lipinski definition) is 2. The Bertz CT molecular complexity index is 319.